The quantitative estimate of drug-likeness (QED) is 0.806. The van der Waals surface area contributed by atoms with Gasteiger partial charge in [0, 0.05) is 17.6 Å². The van der Waals surface area contributed by atoms with E-state index in [9.17, 15) is 9.59 Å². The number of aromatic amines is 1. The zero-order chi connectivity index (χ0) is 16.3. The molecular weight excluding hydrogens is 282 g/mol. The molecule has 1 heterocycles. The van der Waals surface area contributed by atoms with Gasteiger partial charge < -0.3 is 20.8 Å². The summed E-state index contributed by atoms with van der Waals surface area (Å²) in [6, 6.07) is 8.87. The van der Waals surface area contributed by atoms with Crippen molar-refractivity contribution in [3.63, 3.8) is 0 Å². The van der Waals surface area contributed by atoms with Crippen LogP contribution in [-0.4, -0.2) is 28.6 Å². The lowest BCUT2D eigenvalue weighted by atomic mass is 10.1. The Kier molecular flexibility index (Phi) is 4.40. The van der Waals surface area contributed by atoms with Gasteiger partial charge >= 0.3 is 6.09 Å². The van der Waals surface area contributed by atoms with E-state index >= 15 is 0 Å². The largest absolute Gasteiger partial charge is 0.444 e. The summed E-state index contributed by atoms with van der Waals surface area (Å²) in [5.41, 5.74) is 6.53. The lowest BCUT2D eigenvalue weighted by Crippen LogP contribution is -2.47. The highest BCUT2D eigenvalue weighted by molar-refractivity contribution is 5.85. The molecule has 1 aromatic carbocycles. The van der Waals surface area contributed by atoms with E-state index in [-0.39, 0.29) is 6.42 Å². The van der Waals surface area contributed by atoms with Crippen LogP contribution in [0.3, 0.4) is 0 Å². The van der Waals surface area contributed by atoms with Crippen molar-refractivity contribution in [3.05, 3.63) is 36.0 Å². The Bertz CT molecular complexity index is 652. The Labute approximate surface area is 129 Å². The molecule has 0 spiro atoms. The highest BCUT2D eigenvalue weighted by Gasteiger charge is 2.23. The average Bonchev–Trinajstić information content (AvgIpc) is 2.77. The molecule has 1 atom stereocenters. The lowest BCUT2D eigenvalue weighted by molar-refractivity contribution is -0.120. The number of rotatable bonds is 4. The number of aromatic nitrogens is 1. The van der Waals surface area contributed by atoms with Crippen LogP contribution in [-0.2, 0) is 16.0 Å². The van der Waals surface area contributed by atoms with Crippen molar-refractivity contribution in [1.82, 2.24) is 10.3 Å². The normalized spacial score (nSPS) is 12.9. The van der Waals surface area contributed by atoms with Crippen molar-refractivity contribution in [2.75, 3.05) is 0 Å². The molecule has 0 aliphatic carbocycles. The smallest absolute Gasteiger partial charge is 0.408 e. The van der Waals surface area contributed by atoms with Crippen molar-refractivity contribution in [2.45, 2.75) is 38.8 Å². The summed E-state index contributed by atoms with van der Waals surface area (Å²) < 4.78 is 5.15. The van der Waals surface area contributed by atoms with E-state index in [1.165, 1.54) is 0 Å². The number of carbonyl (C=O) groups excluding carboxylic acids is 2. The second-order valence-electron chi connectivity index (χ2n) is 6.19. The molecule has 2 aromatic rings. The molecular formula is C16H21N3O3. The SMILES string of the molecule is CC(C)(C)OC(=O)NC(Cc1cc2ccccc2[nH]1)C(N)=O. The number of ether oxygens (including phenoxy) is 1. The molecule has 0 fully saturated rings. The molecule has 1 aromatic heterocycles. The van der Waals surface area contributed by atoms with Gasteiger partial charge in [0.25, 0.3) is 0 Å². The number of benzene rings is 1. The number of H-pyrrole nitrogens is 1. The molecule has 2 amide bonds. The first-order valence-electron chi connectivity index (χ1n) is 7.10. The van der Waals surface area contributed by atoms with Crippen molar-refractivity contribution in [1.29, 1.82) is 0 Å². The first-order valence-corrected chi connectivity index (χ1v) is 7.10. The highest BCUT2D eigenvalue weighted by atomic mass is 16.6. The zero-order valence-corrected chi connectivity index (χ0v) is 13.0. The van der Waals surface area contributed by atoms with E-state index in [0.29, 0.717) is 0 Å². The zero-order valence-electron chi connectivity index (χ0n) is 13.0. The van der Waals surface area contributed by atoms with Crippen LogP contribution in [0.2, 0.25) is 0 Å². The molecule has 0 saturated heterocycles. The van der Waals surface area contributed by atoms with E-state index in [1.54, 1.807) is 20.8 Å². The molecule has 0 aliphatic heterocycles. The van der Waals surface area contributed by atoms with Gasteiger partial charge in [-0.3, -0.25) is 4.79 Å². The number of hydrogen-bond acceptors (Lipinski definition) is 3. The minimum Gasteiger partial charge on any atom is -0.444 e. The first-order chi connectivity index (χ1) is 10.2. The Morgan fingerprint density at radius 1 is 1.32 bits per heavy atom. The minimum atomic E-state index is -0.831. The number of hydrogen-bond donors (Lipinski definition) is 3. The summed E-state index contributed by atoms with van der Waals surface area (Å²) in [7, 11) is 0. The summed E-state index contributed by atoms with van der Waals surface area (Å²) in [5, 5.41) is 3.55. The van der Waals surface area contributed by atoms with Crippen molar-refractivity contribution in [3.8, 4) is 0 Å². The van der Waals surface area contributed by atoms with Crippen LogP contribution < -0.4 is 11.1 Å². The second kappa shape index (κ2) is 6.09. The molecule has 0 radical (unpaired) electrons. The third-order valence-electron chi connectivity index (χ3n) is 3.04. The highest BCUT2D eigenvalue weighted by Crippen LogP contribution is 2.16. The number of fused-ring (bicyclic) bond motifs is 1. The van der Waals surface area contributed by atoms with Gasteiger partial charge in [0.15, 0.2) is 0 Å². The fraction of sp³-hybridized carbons (Fsp3) is 0.375. The van der Waals surface area contributed by atoms with Crippen LogP contribution in [0.4, 0.5) is 4.79 Å². The number of para-hydroxylation sites is 1. The Balaban J connectivity index is 2.08. The predicted molar refractivity (Wildman–Crippen MR) is 84.4 cm³/mol. The lowest BCUT2D eigenvalue weighted by Gasteiger charge is -2.22. The molecule has 22 heavy (non-hydrogen) atoms. The maximum atomic E-state index is 11.8. The summed E-state index contributed by atoms with van der Waals surface area (Å²) in [5.74, 6) is -0.607. The van der Waals surface area contributed by atoms with E-state index in [1.807, 2.05) is 30.3 Å². The van der Waals surface area contributed by atoms with Crippen LogP contribution >= 0.6 is 0 Å². The van der Waals surface area contributed by atoms with Gasteiger partial charge in [-0.2, -0.15) is 0 Å². The molecule has 0 bridgehead atoms. The molecule has 0 aliphatic rings. The summed E-state index contributed by atoms with van der Waals surface area (Å²) in [6.07, 6.45) is -0.379. The fourth-order valence-corrected chi connectivity index (χ4v) is 2.14. The van der Waals surface area contributed by atoms with Crippen molar-refractivity contribution >= 4 is 22.9 Å². The van der Waals surface area contributed by atoms with Gasteiger partial charge in [-0.05, 0) is 38.3 Å². The molecule has 2 rings (SSSR count). The summed E-state index contributed by atoms with van der Waals surface area (Å²) >= 11 is 0. The molecule has 6 heteroatoms. The molecule has 4 N–H and O–H groups in total. The Morgan fingerprint density at radius 2 is 2.00 bits per heavy atom. The van der Waals surface area contributed by atoms with Crippen LogP contribution in [0, 0.1) is 0 Å². The molecule has 1 unspecified atom stereocenters. The number of nitrogens with one attached hydrogen (secondary N) is 2. The van der Waals surface area contributed by atoms with E-state index in [4.69, 9.17) is 10.5 Å². The van der Waals surface area contributed by atoms with Crippen molar-refractivity contribution in [2.24, 2.45) is 5.73 Å². The monoisotopic (exact) mass is 303 g/mol. The van der Waals surface area contributed by atoms with E-state index in [0.717, 1.165) is 16.6 Å². The van der Waals surface area contributed by atoms with Gasteiger partial charge in [0.1, 0.15) is 11.6 Å². The summed E-state index contributed by atoms with van der Waals surface area (Å²) in [6.45, 7) is 5.26. The van der Waals surface area contributed by atoms with Crippen LogP contribution in [0.25, 0.3) is 10.9 Å². The first kappa shape index (κ1) is 15.9. The number of nitrogens with two attached hydrogens (primary N) is 1. The molecule has 118 valence electrons. The Hall–Kier alpha value is -2.50. The number of carbonyl (C=O) groups is 2. The van der Waals surface area contributed by atoms with Crippen molar-refractivity contribution < 1.29 is 14.3 Å². The van der Waals surface area contributed by atoms with Crippen LogP contribution in [0.1, 0.15) is 26.5 Å². The van der Waals surface area contributed by atoms with Gasteiger partial charge in [0.2, 0.25) is 5.91 Å². The molecule has 6 nitrogen and oxygen atoms in total. The average molecular weight is 303 g/mol. The topological polar surface area (TPSA) is 97.2 Å². The summed E-state index contributed by atoms with van der Waals surface area (Å²) in [4.78, 5) is 26.5. The predicted octanol–water partition coefficient (Wildman–Crippen LogP) is 2.09. The standard InChI is InChI=1S/C16H21N3O3/c1-16(2,3)22-15(21)19-13(14(17)20)9-11-8-10-6-4-5-7-12(10)18-11/h4-8,13,18H,9H2,1-3H3,(H2,17,20)(H,19,21). The number of amides is 2. The van der Waals surface area contributed by atoms with Crippen LogP contribution in [0.5, 0.6) is 0 Å². The van der Waals surface area contributed by atoms with E-state index < -0.39 is 23.6 Å². The molecule has 0 saturated carbocycles. The maximum Gasteiger partial charge on any atom is 0.408 e. The third-order valence-corrected chi connectivity index (χ3v) is 3.04. The van der Waals surface area contributed by atoms with Crippen LogP contribution in [0.15, 0.2) is 30.3 Å². The van der Waals surface area contributed by atoms with Gasteiger partial charge in [0.05, 0.1) is 0 Å². The van der Waals surface area contributed by atoms with Gasteiger partial charge in [-0.25, -0.2) is 4.79 Å². The van der Waals surface area contributed by atoms with Gasteiger partial charge in [-0.15, -0.1) is 0 Å². The van der Waals surface area contributed by atoms with E-state index in [2.05, 4.69) is 10.3 Å². The second-order valence-corrected chi connectivity index (χ2v) is 6.19. The minimum absolute atomic E-state index is 0.281. The number of primary amides is 1. The van der Waals surface area contributed by atoms with Gasteiger partial charge in [-0.1, -0.05) is 18.2 Å². The Morgan fingerprint density at radius 3 is 2.59 bits per heavy atom. The fourth-order valence-electron chi connectivity index (χ4n) is 2.14. The third kappa shape index (κ3) is 4.25. The number of alkyl carbamates (subject to hydrolysis) is 1. The maximum absolute atomic E-state index is 11.8.